The minimum absolute atomic E-state index is 0.323. The molecule has 4 heteroatoms. The summed E-state index contributed by atoms with van der Waals surface area (Å²) in [4.78, 5) is 0. The molecule has 1 aromatic carbocycles. The van der Waals surface area contributed by atoms with Crippen molar-refractivity contribution in [2.45, 2.75) is 26.2 Å². The average Bonchev–Trinajstić information content (AvgIpc) is 2.74. The quantitative estimate of drug-likeness (QED) is 0.927. The van der Waals surface area contributed by atoms with Gasteiger partial charge in [-0.2, -0.15) is 0 Å². The third-order valence-corrected chi connectivity index (χ3v) is 3.53. The average molecular weight is 300 g/mol. The molecule has 17 heavy (non-hydrogen) atoms. The second-order valence-electron chi connectivity index (χ2n) is 4.50. The minimum atomic E-state index is 0.323. The smallest absolute Gasteiger partial charge is 0.231 e. The normalized spacial score (nSPS) is 13.5. The molecular weight excluding hydrogens is 282 g/mol. The van der Waals surface area contributed by atoms with E-state index in [2.05, 4.69) is 41.2 Å². The van der Waals surface area contributed by atoms with E-state index in [4.69, 9.17) is 9.47 Å². The van der Waals surface area contributed by atoms with Crippen molar-refractivity contribution >= 4 is 15.9 Å². The summed E-state index contributed by atoms with van der Waals surface area (Å²) in [6.45, 7) is 5.66. The molecule has 0 spiro atoms. The summed E-state index contributed by atoms with van der Waals surface area (Å²) < 4.78 is 12.1. The molecule has 0 aromatic heterocycles. The van der Waals surface area contributed by atoms with Gasteiger partial charge in [0.1, 0.15) is 0 Å². The molecule has 0 atom stereocenters. The number of hydrogen-bond donors (Lipinski definition) is 1. The molecule has 94 valence electrons. The fourth-order valence-corrected chi connectivity index (χ4v) is 2.77. The van der Waals surface area contributed by atoms with E-state index in [1.165, 1.54) is 11.1 Å². The molecule has 0 amide bonds. The third kappa shape index (κ3) is 2.43. The lowest BCUT2D eigenvalue weighted by Crippen LogP contribution is -2.12. The molecule has 0 fully saturated rings. The van der Waals surface area contributed by atoms with Crippen LogP contribution in [-0.2, 0) is 6.42 Å². The van der Waals surface area contributed by atoms with Crippen molar-refractivity contribution in [3.63, 3.8) is 0 Å². The van der Waals surface area contributed by atoms with Gasteiger partial charge in [0.05, 0.1) is 4.47 Å². The topological polar surface area (TPSA) is 30.5 Å². The van der Waals surface area contributed by atoms with Crippen LogP contribution in [0.1, 0.15) is 30.9 Å². The van der Waals surface area contributed by atoms with E-state index in [1.54, 1.807) is 0 Å². The zero-order valence-corrected chi connectivity index (χ0v) is 12.1. The summed E-state index contributed by atoms with van der Waals surface area (Å²) in [5, 5.41) is 3.18. The van der Waals surface area contributed by atoms with Gasteiger partial charge < -0.3 is 14.8 Å². The van der Waals surface area contributed by atoms with Crippen molar-refractivity contribution in [3.05, 3.63) is 21.7 Å². The number of hydrogen-bond acceptors (Lipinski definition) is 3. The number of halogens is 1. The van der Waals surface area contributed by atoms with E-state index in [9.17, 15) is 0 Å². The number of benzene rings is 1. The third-order valence-electron chi connectivity index (χ3n) is 2.94. The summed E-state index contributed by atoms with van der Waals surface area (Å²) in [5.41, 5.74) is 2.60. The predicted octanol–water partition coefficient (Wildman–Crippen LogP) is 3.06. The van der Waals surface area contributed by atoms with Gasteiger partial charge in [0, 0.05) is 5.56 Å². The molecule has 1 aromatic rings. The van der Waals surface area contributed by atoms with E-state index >= 15 is 0 Å². The van der Waals surface area contributed by atoms with E-state index in [0.29, 0.717) is 12.7 Å². The van der Waals surface area contributed by atoms with Crippen molar-refractivity contribution in [2.75, 3.05) is 20.4 Å². The highest BCUT2D eigenvalue weighted by atomic mass is 79.9. The van der Waals surface area contributed by atoms with Crippen LogP contribution in [0.25, 0.3) is 0 Å². The summed E-state index contributed by atoms with van der Waals surface area (Å²) in [5.74, 6) is 2.20. The lowest BCUT2D eigenvalue weighted by Gasteiger charge is -2.16. The highest BCUT2D eigenvalue weighted by Gasteiger charge is 2.25. The maximum absolute atomic E-state index is 5.62. The number of fused-ring (bicyclic) bond motifs is 1. The molecule has 3 nitrogen and oxygen atoms in total. The fourth-order valence-electron chi connectivity index (χ4n) is 2.20. The van der Waals surface area contributed by atoms with Crippen molar-refractivity contribution in [3.8, 4) is 11.5 Å². The Labute approximate surface area is 111 Å². The molecule has 0 aliphatic carbocycles. The largest absolute Gasteiger partial charge is 0.453 e. The van der Waals surface area contributed by atoms with Crippen LogP contribution in [0.5, 0.6) is 11.5 Å². The first-order chi connectivity index (χ1) is 8.15. The van der Waals surface area contributed by atoms with Crippen molar-refractivity contribution in [2.24, 2.45) is 0 Å². The second-order valence-corrected chi connectivity index (χ2v) is 5.36. The van der Waals surface area contributed by atoms with Gasteiger partial charge in [0.25, 0.3) is 0 Å². The van der Waals surface area contributed by atoms with Crippen LogP contribution in [-0.4, -0.2) is 20.4 Å². The molecule has 1 aliphatic heterocycles. The summed E-state index contributed by atoms with van der Waals surface area (Å²) in [7, 11) is 1.97. The van der Waals surface area contributed by atoms with E-state index in [-0.39, 0.29) is 0 Å². The van der Waals surface area contributed by atoms with Gasteiger partial charge >= 0.3 is 0 Å². The molecule has 0 saturated carbocycles. The predicted molar refractivity (Wildman–Crippen MR) is 72.0 cm³/mol. The van der Waals surface area contributed by atoms with Crippen molar-refractivity contribution in [1.82, 2.24) is 5.32 Å². The van der Waals surface area contributed by atoms with Crippen LogP contribution < -0.4 is 14.8 Å². The molecule has 2 rings (SSSR count). The molecule has 0 radical (unpaired) electrons. The molecule has 0 saturated heterocycles. The van der Waals surface area contributed by atoms with Crippen LogP contribution in [0.15, 0.2) is 10.5 Å². The number of likely N-dealkylation sites (N-methyl/N-ethyl adjacent to an activating group) is 1. The van der Waals surface area contributed by atoms with Crippen LogP contribution >= 0.6 is 15.9 Å². The van der Waals surface area contributed by atoms with Crippen LogP contribution in [0.2, 0.25) is 0 Å². The zero-order valence-electron chi connectivity index (χ0n) is 10.5. The molecule has 1 aliphatic rings. The van der Waals surface area contributed by atoms with E-state index in [1.807, 2.05) is 7.05 Å². The Morgan fingerprint density at radius 1 is 1.35 bits per heavy atom. The maximum atomic E-state index is 5.62. The summed E-state index contributed by atoms with van der Waals surface area (Å²) in [6, 6.07) is 2.15. The maximum Gasteiger partial charge on any atom is 0.231 e. The van der Waals surface area contributed by atoms with Gasteiger partial charge in [-0.1, -0.05) is 13.8 Å². The van der Waals surface area contributed by atoms with Gasteiger partial charge in [-0.3, -0.25) is 0 Å². The molecule has 0 bridgehead atoms. The SMILES string of the molecule is CNCCc1cc(Br)c2c(c1C(C)C)OCO2. The highest BCUT2D eigenvalue weighted by Crippen LogP contribution is 2.46. The zero-order chi connectivity index (χ0) is 12.4. The lowest BCUT2D eigenvalue weighted by atomic mass is 9.94. The van der Waals surface area contributed by atoms with Crippen LogP contribution in [0.4, 0.5) is 0 Å². The lowest BCUT2D eigenvalue weighted by molar-refractivity contribution is 0.172. The van der Waals surface area contributed by atoms with Gasteiger partial charge in [-0.05, 0) is 53.5 Å². The number of rotatable bonds is 4. The first kappa shape index (κ1) is 12.7. The second kappa shape index (κ2) is 5.27. The Morgan fingerprint density at radius 3 is 2.71 bits per heavy atom. The van der Waals surface area contributed by atoms with Gasteiger partial charge in [-0.15, -0.1) is 0 Å². The van der Waals surface area contributed by atoms with E-state index in [0.717, 1.165) is 28.9 Å². The van der Waals surface area contributed by atoms with E-state index < -0.39 is 0 Å². The molecule has 1 heterocycles. The Morgan fingerprint density at radius 2 is 2.06 bits per heavy atom. The molecular formula is C13H18BrNO2. The first-order valence-corrected chi connectivity index (χ1v) is 6.70. The monoisotopic (exact) mass is 299 g/mol. The Kier molecular flexibility index (Phi) is 3.94. The minimum Gasteiger partial charge on any atom is -0.453 e. The van der Waals surface area contributed by atoms with Gasteiger partial charge in [0.15, 0.2) is 11.5 Å². The highest BCUT2D eigenvalue weighted by molar-refractivity contribution is 9.10. The number of ether oxygens (including phenoxy) is 2. The van der Waals surface area contributed by atoms with Gasteiger partial charge in [0.2, 0.25) is 6.79 Å². The number of nitrogens with one attached hydrogen (secondary N) is 1. The molecule has 1 N–H and O–H groups in total. The van der Waals surface area contributed by atoms with Gasteiger partial charge in [-0.25, -0.2) is 0 Å². The van der Waals surface area contributed by atoms with Crippen LogP contribution in [0.3, 0.4) is 0 Å². The standard InChI is InChI=1S/C13H18BrNO2/c1-8(2)11-9(4-5-15-3)6-10(14)12-13(11)17-7-16-12/h6,8,15H,4-5,7H2,1-3H3. The van der Waals surface area contributed by atoms with Crippen molar-refractivity contribution in [1.29, 1.82) is 0 Å². The Bertz CT molecular complexity index is 418. The molecule has 0 unspecified atom stereocenters. The Balaban J connectivity index is 2.47. The van der Waals surface area contributed by atoms with Crippen molar-refractivity contribution < 1.29 is 9.47 Å². The first-order valence-electron chi connectivity index (χ1n) is 5.90. The summed E-state index contributed by atoms with van der Waals surface area (Å²) >= 11 is 3.55. The fraction of sp³-hybridized carbons (Fsp3) is 0.538. The summed E-state index contributed by atoms with van der Waals surface area (Å²) in [6.07, 6.45) is 0.999. The van der Waals surface area contributed by atoms with Crippen LogP contribution in [0, 0.1) is 0 Å². The Hall–Kier alpha value is -0.740.